The van der Waals surface area contributed by atoms with Crippen LogP contribution < -0.4 is 0 Å². The van der Waals surface area contributed by atoms with Crippen LogP contribution in [0.3, 0.4) is 0 Å². The van der Waals surface area contributed by atoms with Gasteiger partial charge in [-0.15, -0.1) is 11.3 Å². The predicted octanol–water partition coefficient (Wildman–Crippen LogP) is 13.2. The summed E-state index contributed by atoms with van der Waals surface area (Å²) in [6.45, 7) is 0. The van der Waals surface area contributed by atoms with Crippen molar-refractivity contribution in [3.05, 3.63) is 164 Å². The minimum Gasteiger partial charge on any atom is -0.456 e. The highest BCUT2D eigenvalue weighted by Crippen LogP contribution is 2.42. The molecule has 0 aliphatic carbocycles. The third-order valence-corrected chi connectivity index (χ3v) is 11.7. The van der Waals surface area contributed by atoms with Gasteiger partial charge < -0.3 is 8.83 Å². The lowest BCUT2D eigenvalue weighted by Gasteiger charge is -2.09. The lowest BCUT2D eigenvalue weighted by atomic mass is 10.0. The lowest BCUT2D eigenvalue weighted by Crippen LogP contribution is -2.00. The molecule has 0 amide bonds. The van der Waals surface area contributed by atoms with Crippen LogP contribution in [-0.4, -0.2) is 24.9 Å². The molecule has 5 heterocycles. The van der Waals surface area contributed by atoms with E-state index in [4.69, 9.17) is 33.8 Å². The van der Waals surface area contributed by atoms with E-state index in [2.05, 4.69) is 78.9 Å². The quantitative estimate of drug-likeness (QED) is 0.173. The zero-order valence-corrected chi connectivity index (χ0v) is 30.9. The molecular formula is C49H27N5O2S. The number of hydrogen-bond donors (Lipinski definition) is 0. The summed E-state index contributed by atoms with van der Waals surface area (Å²) in [5.74, 6) is 2.27. The maximum atomic E-state index is 6.62. The van der Waals surface area contributed by atoms with E-state index in [1.165, 1.54) is 4.70 Å². The average Bonchev–Trinajstić information content (AvgIpc) is 3.97. The Morgan fingerprint density at radius 1 is 0.386 bits per heavy atom. The van der Waals surface area contributed by atoms with Gasteiger partial charge in [-0.1, -0.05) is 127 Å². The number of rotatable bonds is 5. The second kappa shape index (κ2) is 12.5. The van der Waals surface area contributed by atoms with E-state index in [0.29, 0.717) is 28.9 Å². The first-order valence-electron chi connectivity index (χ1n) is 18.7. The SMILES string of the molecule is c1ccc(-c2nc(-c3ccc4c(c3)oc3cccc(-c5nc(-c6ccccc6)c6sc7ccccc7c6n5)c34)nc(-c3cccc4c3oc3ccccc34)n2)cc1. The van der Waals surface area contributed by atoms with Crippen molar-refractivity contribution in [3.8, 4) is 56.8 Å². The first-order chi connectivity index (χ1) is 28.2. The lowest BCUT2D eigenvalue weighted by molar-refractivity contribution is 0.668. The van der Waals surface area contributed by atoms with Crippen LogP contribution in [-0.2, 0) is 0 Å². The van der Waals surface area contributed by atoms with E-state index in [1.54, 1.807) is 11.3 Å². The van der Waals surface area contributed by atoms with Crippen LogP contribution in [0.2, 0.25) is 0 Å². The number of aromatic nitrogens is 5. The standard InChI is InChI=1S/C49H27N5O2S/c1-3-13-28(14-4-1)42-45-43(34-18-8-10-24-40(34)57-45)51-48(50-42)35-20-12-23-38-41(35)33-26-25-30(27-39(33)55-38)47-52-46(29-15-5-2-6-16-29)53-49(54-47)36-21-11-19-32-31-17-7-9-22-37(31)56-44(32)36/h1-27H. The topological polar surface area (TPSA) is 90.7 Å². The fourth-order valence-electron chi connectivity index (χ4n) is 7.92. The number of thiophene rings is 1. The molecule has 0 saturated heterocycles. The number of hydrogen-bond acceptors (Lipinski definition) is 8. The average molecular weight is 750 g/mol. The second-order valence-electron chi connectivity index (χ2n) is 14.0. The Balaban J connectivity index is 1.04. The number of benzene rings is 7. The van der Waals surface area contributed by atoms with Crippen molar-refractivity contribution in [2.24, 2.45) is 0 Å². The molecule has 0 unspecified atom stereocenters. The molecule has 266 valence electrons. The van der Waals surface area contributed by atoms with Gasteiger partial charge in [0.2, 0.25) is 0 Å². The first-order valence-corrected chi connectivity index (χ1v) is 19.5. The molecule has 0 atom stereocenters. The molecule has 0 N–H and O–H groups in total. The number of furan rings is 2. The molecule has 0 bridgehead atoms. The molecule has 12 aromatic rings. The Morgan fingerprint density at radius 3 is 1.89 bits per heavy atom. The van der Waals surface area contributed by atoms with Crippen molar-refractivity contribution in [1.82, 2.24) is 24.9 Å². The summed E-state index contributed by atoms with van der Waals surface area (Å²) in [4.78, 5) is 25.7. The van der Waals surface area contributed by atoms with Crippen molar-refractivity contribution in [2.75, 3.05) is 0 Å². The Kier molecular flexibility index (Phi) is 6.96. The molecule has 12 rings (SSSR count). The molecule has 7 nitrogen and oxygen atoms in total. The number of nitrogens with zero attached hydrogens (tertiary/aromatic N) is 5. The minimum absolute atomic E-state index is 0.526. The molecule has 0 saturated carbocycles. The van der Waals surface area contributed by atoms with Crippen molar-refractivity contribution >= 4 is 75.5 Å². The fraction of sp³-hybridized carbons (Fsp3) is 0. The highest BCUT2D eigenvalue weighted by atomic mass is 32.1. The molecule has 0 spiro atoms. The minimum atomic E-state index is 0.526. The summed E-state index contributed by atoms with van der Waals surface area (Å²) >= 11 is 1.73. The van der Waals surface area contributed by atoms with Gasteiger partial charge in [-0.2, -0.15) is 0 Å². The Morgan fingerprint density at radius 2 is 1.04 bits per heavy atom. The number of para-hydroxylation sites is 2. The maximum Gasteiger partial charge on any atom is 0.167 e. The van der Waals surface area contributed by atoms with Gasteiger partial charge in [-0.3, -0.25) is 0 Å². The van der Waals surface area contributed by atoms with Gasteiger partial charge >= 0.3 is 0 Å². The summed E-state index contributed by atoms with van der Waals surface area (Å²) in [7, 11) is 0. The van der Waals surface area contributed by atoms with Crippen molar-refractivity contribution < 1.29 is 8.83 Å². The van der Waals surface area contributed by atoms with Gasteiger partial charge in [0.05, 0.1) is 21.5 Å². The highest BCUT2D eigenvalue weighted by molar-refractivity contribution is 7.26. The van der Waals surface area contributed by atoms with Gasteiger partial charge in [0.15, 0.2) is 23.3 Å². The van der Waals surface area contributed by atoms with Crippen LogP contribution in [0, 0.1) is 0 Å². The van der Waals surface area contributed by atoms with Crippen LogP contribution in [0.1, 0.15) is 0 Å². The van der Waals surface area contributed by atoms with E-state index in [9.17, 15) is 0 Å². The second-order valence-corrected chi connectivity index (χ2v) is 15.0. The smallest absolute Gasteiger partial charge is 0.167 e. The molecule has 0 radical (unpaired) electrons. The van der Waals surface area contributed by atoms with E-state index in [-0.39, 0.29) is 0 Å². The Bertz CT molecular complexity index is 3540. The fourth-order valence-corrected chi connectivity index (χ4v) is 9.07. The van der Waals surface area contributed by atoms with E-state index < -0.39 is 0 Å². The summed E-state index contributed by atoms with van der Waals surface area (Å²) in [6, 6.07) is 55.2. The summed E-state index contributed by atoms with van der Waals surface area (Å²) in [5.41, 5.74) is 9.32. The zero-order chi connectivity index (χ0) is 37.5. The first kappa shape index (κ1) is 31.8. The molecule has 0 aliphatic heterocycles. The van der Waals surface area contributed by atoms with Crippen molar-refractivity contribution in [1.29, 1.82) is 0 Å². The monoisotopic (exact) mass is 749 g/mol. The normalized spacial score (nSPS) is 11.9. The highest BCUT2D eigenvalue weighted by Gasteiger charge is 2.22. The van der Waals surface area contributed by atoms with Crippen LogP contribution in [0.5, 0.6) is 0 Å². The van der Waals surface area contributed by atoms with Gasteiger partial charge in [-0.05, 0) is 36.4 Å². The van der Waals surface area contributed by atoms with Crippen LogP contribution >= 0.6 is 11.3 Å². The summed E-state index contributed by atoms with van der Waals surface area (Å²) in [5, 5.41) is 5.09. The summed E-state index contributed by atoms with van der Waals surface area (Å²) in [6.07, 6.45) is 0. The third kappa shape index (κ3) is 5.08. The molecule has 0 aliphatic rings. The van der Waals surface area contributed by atoms with E-state index in [0.717, 1.165) is 87.4 Å². The Labute approximate surface area is 328 Å². The van der Waals surface area contributed by atoms with Crippen LogP contribution in [0.15, 0.2) is 173 Å². The van der Waals surface area contributed by atoms with Gasteiger partial charge in [-0.25, -0.2) is 24.9 Å². The molecular weight excluding hydrogens is 723 g/mol. The van der Waals surface area contributed by atoms with Crippen molar-refractivity contribution in [2.45, 2.75) is 0 Å². The van der Waals surface area contributed by atoms with E-state index in [1.807, 2.05) is 84.9 Å². The maximum absolute atomic E-state index is 6.62. The van der Waals surface area contributed by atoms with Gasteiger partial charge in [0, 0.05) is 53.9 Å². The van der Waals surface area contributed by atoms with Gasteiger partial charge in [0.25, 0.3) is 0 Å². The Hall–Kier alpha value is -7.55. The van der Waals surface area contributed by atoms with Crippen molar-refractivity contribution in [3.63, 3.8) is 0 Å². The third-order valence-electron chi connectivity index (χ3n) is 10.6. The number of fused-ring (bicyclic) bond motifs is 9. The molecule has 0 fully saturated rings. The predicted molar refractivity (Wildman–Crippen MR) is 230 cm³/mol. The van der Waals surface area contributed by atoms with Gasteiger partial charge in [0.1, 0.15) is 22.3 Å². The van der Waals surface area contributed by atoms with Crippen LogP contribution in [0.25, 0.3) is 121 Å². The van der Waals surface area contributed by atoms with Crippen LogP contribution in [0.4, 0.5) is 0 Å². The zero-order valence-electron chi connectivity index (χ0n) is 30.0. The molecule has 5 aromatic heterocycles. The molecule has 7 aromatic carbocycles. The summed E-state index contributed by atoms with van der Waals surface area (Å²) < 4.78 is 15.3. The molecule has 8 heteroatoms. The largest absolute Gasteiger partial charge is 0.456 e. The molecule has 57 heavy (non-hydrogen) atoms. The van der Waals surface area contributed by atoms with E-state index >= 15 is 0 Å².